The van der Waals surface area contributed by atoms with E-state index in [0.717, 1.165) is 31.7 Å². The Morgan fingerprint density at radius 3 is 2.74 bits per heavy atom. The molecule has 2 aliphatic rings. The number of hydrogen-bond acceptors (Lipinski definition) is 3. The molecule has 4 rings (SSSR count). The fraction of sp³-hybridized carbons (Fsp3) is 0.533. The SMILES string of the molecule is c1cc2nc(C3CCC3)[nH]c2cc1N1CCNCC1. The average Bonchev–Trinajstić information content (AvgIpc) is 2.79. The molecule has 0 radical (unpaired) electrons. The van der Waals surface area contributed by atoms with Crippen molar-refractivity contribution in [3.8, 4) is 0 Å². The molecule has 0 bridgehead atoms. The topological polar surface area (TPSA) is 44.0 Å². The first-order valence-corrected chi connectivity index (χ1v) is 7.35. The third-order valence-corrected chi connectivity index (χ3v) is 4.46. The van der Waals surface area contributed by atoms with E-state index in [0.29, 0.717) is 5.92 Å². The van der Waals surface area contributed by atoms with Gasteiger partial charge in [-0.1, -0.05) is 6.42 Å². The van der Waals surface area contributed by atoms with Gasteiger partial charge < -0.3 is 15.2 Å². The summed E-state index contributed by atoms with van der Waals surface area (Å²) < 4.78 is 0. The van der Waals surface area contributed by atoms with Gasteiger partial charge in [-0.05, 0) is 31.0 Å². The summed E-state index contributed by atoms with van der Waals surface area (Å²) in [6.07, 6.45) is 3.95. The molecule has 19 heavy (non-hydrogen) atoms. The summed E-state index contributed by atoms with van der Waals surface area (Å²) in [7, 11) is 0. The molecule has 1 saturated heterocycles. The molecule has 4 heteroatoms. The number of aromatic amines is 1. The minimum absolute atomic E-state index is 0.676. The summed E-state index contributed by atoms with van der Waals surface area (Å²) in [6.45, 7) is 4.34. The lowest BCUT2D eigenvalue weighted by molar-refractivity contribution is 0.405. The van der Waals surface area contributed by atoms with Gasteiger partial charge in [0.15, 0.2) is 0 Å². The molecule has 0 atom stereocenters. The standard InChI is InChI=1S/C15H20N4/c1-2-11(3-1)15-17-13-5-4-12(10-14(13)18-15)19-8-6-16-7-9-19/h4-5,10-11,16H,1-3,6-9H2,(H,17,18). The minimum Gasteiger partial charge on any atom is -0.369 e. The Labute approximate surface area is 113 Å². The van der Waals surface area contributed by atoms with E-state index in [2.05, 4.69) is 33.4 Å². The summed E-state index contributed by atoms with van der Waals surface area (Å²) in [5.41, 5.74) is 3.62. The molecule has 0 spiro atoms. The van der Waals surface area contributed by atoms with Gasteiger partial charge >= 0.3 is 0 Å². The molecular weight excluding hydrogens is 236 g/mol. The van der Waals surface area contributed by atoms with Crippen molar-refractivity contribution < 1.29 is 0 Å². The second-order valence-electron chi connectivity index (χ2n) is 5.69. The first-order valence-electron chi connectivity index (χ1n) is 7.35. The quantitative estimate of drug-likeness (QED) is 0.866. The average molecular weight is 256 g/mol. The van der Waals surface area contributed by atoms with Gasteiger partial charge in [-0.2, -0.15) is 0 Å². The number of aromatic nitrogens is 2. The zero-order valence-corrected chi connectivity index (χ0v) is 11.2. The molecule has 2 aromatic rings. The van der Waals surface area contributed by atoms with Crippen molar-refractivity contribution >= 4 is 16.7 Å². The van der Waals surface area contributed by atoms with E-state index in [9.17, 15) is 0 Å². The van der Waals surface area contributed by atoms with Crippen molar-refractivity contribution in [3.05, 3.63) is 24.0 Å². The van der Waals surface area contributed by atoms with Gasteiger partial charge in [-0.15, -0.1) is 0 Å². The lowest BCUT2D eigenvalue weighted by Gasteiger charge is -2.29. The van der Waals surface area contributed by atoms with Crippen LogP contribution in [0.1, 0.15) is 31.0 Å². The van der Waals surface area contributed by atoms with Gasteiger partial charge in [0.1, 0.15) is 5.82 Å². The van der Waals surface area contributed by atoms with Crippen molar-refractivity contribution in [2.45, 2.75) is 25.2 Å². The van der Waals surface area contributed by atoms with E-state index in [1.165, 1.54) is 36.3 Å². The number of nitrogens with zero attached hydrogens (tertiary/aromatic N) is 2. The molecule has 100 valence electrons. The number of nitrogens with one attached hydrogen (secondary N) is 2. The van der Waals surface area contributed by atoms with Crippen molar-refractivity contribution in [2.24, 2.45) is 0 Å². The molecule has 4 nitrogen and oxygen atoms in total. The minimum atomic E-state index is 0.676. The third-order valence-electron chi connectivity index (χ3n) is 4.46. The fourth-order valence-electron chi connectivity index (χ4n) is 3.01. The van der Waals surface area contributed by atoms with Crippen LogP contribution >= 0.6 is 0 Å². The van der Waals surface area contributed by atoms with E-state index in [-0.39, 0.29) is 0 Å². The number of anilines is 1. The van der Waals surface area contributed by atoms with E-state index in [1.54, 1.807) is 0 Å². The molecule has 0 amide bonds. The normalized spacial score (nSPS) is 20.7. The Morgan fingerprint density at radius 1 is 1.16 bits per heavy atom. The molecule has 0 unspecified atom stereocenters. The van der Waals surface area contributed by atoms with E-state index in [1.807, 2.05) is 0 Å². The molecule has 1 aliphatic heterocycles. The lowest BCUT2D eigenvalue weighted by atomic mass is 9.85. The van der Waals surface area contributed by atoms with E-state index >= 15 is 0 Å². The number of hydrogen-bond donors (Lipinski definition) is 2. The first kappa shape index (κ1) is 11.3. The maximum atomic E-state index is 4.73. The highest BCUT2D eigenvalue weighted by Crippen LogP contribution is 2.35. The van der Waals surface area contributed by atoms with Gasteiger partial charge in [-0.3, -0.25) is 0 Å². The lowest BCUT2D eigenvalue weighted by Crippen LogP contribution is -2.43. The second kappa shape index (κ2) is 4.53. The molecule has 2 fully saturated rings. The van der Waals surface area contributed by atoms with Gasteiger partial charge in [0.2, 0.25) is 0 Å². The molecule has 1 aromatic heterocycles. The number of rotatable bonds is 2. The van der Waals surface area contributed by atoms with Gasteiger partial charge in [0.05, 0.1) is 11.0 Å². The number of fused-ring (bicyclic) bond motifs is 1. The summed E-state index contributed by atoms with van der Waals surface area (Å²) in [6, 6.07) is 6.63. The molecule has 1 saturated carbocycles. The Balaban J connectivity index is 1.65. The van der Waals surface area contributed by atoms with Crippen molar-refractivity contribution in [3.63, 3.8) is 0 Å². The van der Waals surface area contributed by atoms with Crippen LogP contribution in [0.15, 0.2) is 18.2 Å². The predicted molar refractivity (Wildman–Crippen MR) is 77.8 cm³/mol. The van der Waals surface area contributed by atoms with Crippen molar-refractivity contribution in [1.29, 1.82) is 0 Å². The molecule has 1 aromatic carbocycles. The largest absolute Gasteiger partial charge is 0.369 e. The number of H-pyrrole nitrogens is 1. The number of imidazole rings is 1. The molecular formula is C15H20N4. The summed E-state index contributed by atoms with van der Waals surface area (Å²) in [5.74, 6) is 1.87. The highest BCUT2D eigenvalue weighted by molar-refractivity contribution is 5.79. The Bertz CT molecular complexity index is 579. The van der Waals surface area contributed by atoms with E-state index in [4.69, 9.17) is 4.98 Å². The van der Waals surface area contributed by atoms with Crippen molar-refractivity contribution in [1.82, 2.24) is 15.3 Å². The van der Waals surface area contributed by atoms with Gasteiger partial charge in [-0.25, -0.2) is 4.98 Å². The first-order chi connectivity index (χ1) is 9.40. The molecule has 2 N–H and O–H groups in total. The molecule has 2 heterocycles. The predicted octanol–water partition coefficient (Wildman–Crippen LogP) is 2.24. The second-order valence-corrected chi connectivity index (χ2v) is 5.69. The maximum Gasteiger partial charge on any atom is 0.110 e. The zero-order chi connectivity index (χ0) is 12.7. The maximum absolute atomic E-state index is 4.73. The summed E-state index contributed by atoms with van der Waals surface area (Å²) in [4.78, 5) is 10.7. The van der Waals surface area contributed by atoms with Crippen LogP contribution in [-0.2, 0) is 0 Å². The van der Waals surface area contributed by atoms with Crippen LogP contribution in [0, 0.1) is 0 Å². The number of piperazine rings is 1. The smallest absolute Gasteiger partial charge is 0.110 e. The highest BCUT2D eigenvalue weighted by Gasteiger charge is 2.22. The monoisotopic (exact) mass is 256 g/mol. The zero-order valence-electron chi connectivity index (χ0n) is 11.2. The van der Waals surface area contributed by atoms with Crippen LogP contribution in [0.5, 0.6) is 0 Å². The van der Waals surface area contributed by atoms with Crippen LogP contribution in [0.3, 0.4) is 0 Å². The van der Waals surface area contributed by atoms with Crippen LogP contribution in [0.4, 0.5) is 5.69 Å². The van der Waals surface area contributed by atoms with E-state index < -0.39 is 0 Å². The van der Waals surface area contributed by atoms with Crippen LogP contribution in [0.2, 0.25) is 0 Å². The van der Waals surface area contributed by atoms with Gasteiger partial charge in [0.25, 0.3) is 0 Å². The third kappa shape index (κ3) is 2.00. The molecule has 1 aliphatic carbocycles. The Morgan fingerprint density at radius 2 is 2.00 bits per heavy atom. The summed E-state index contributed by atoms with van der Waals surface area (Å²) in [5, 5.41) is 3.39. The van der Waals surface area contributed by atoms with Crippen LogP contribution < -0.4 is 10.2 Å². The van der Waals surface area contributed by atoms with Crippen LogP contribution in [0.25, 0.3) is 11.0 Å². The summed E-state index contributed by atoms with van der Waals surface area (Å²) >= 11 is 0. The highest BCUT2D eigenvalue weighted by atomic mass is 15.2. The Kier molecular flexibility index (Phi) is 2.69. The van der Waals surface area contributed by atoms with Crippen molar-refractivity contribution in [2.75, 3.05) is 31.1 Å². The van der Waals surface area contributed by atoms with Gasteiger partial charge in [0, 0.05) is 37.8 Å². The number of benzene rings is 1. The van der Waals surface area contributed by atoms with Crippen LogP contribution in [-0.4, -0.2) is 36.1 Å². The Hall–Kier alpha value is -1.55. The fourth-order valence-corrected chi connectivity index (χ4v) is 3.01.